The molecule has 0 radical (unpaired) electrons. The van der Waals surface area contributed by atoms with Crippen LogP contribution < -0.4 is 5.32 Å². The van der Waals surface area contributed by atoms with Crippen LogP contribution in [0.1, 0.15) is 58.9 Å². The lowest BCUT2D eigenvalue weighted by atomic mass is 9.66. The van der Waals surface area contributed by atoms with Crippen molar-refractivity contribution in [2.24, 2.45) is 17.3 Å². The van der Waals surface area contributed by atoms with Crippen LogP contribution in [0.25, 0.3) is 0 Å². The molecule has 1 aromatic carbocycles. The Labute approximate surface area is 190 Å². The molecule has 1 heterocycles. The van der Waals surface area contributed by atoms with E-state index in [9.17, 15) is 14.7 Å². The summed E-state index contributed by atoms with van der Waals surface area (Å²) in [5.41, 5.74) is 0.287. The molecule has 1 aromatic rings. The SMILES string of the molecule is C=C1CCC(C(=O)NC(C(=O)N2CCC(O)(c3ccc(Cl)cc3)C(C)(C)C2)C(C)C)C1. The highest BCUT2D eigenvalue weighted by atomic mass is 35.5. The number of likely N-dealkylation sites (tertiary alicyclic amines) is 1. The number of amides is 2. The second-order valence-corrected chi connectivity index (χ2v) is 10.6. The van der Waals surface area contributed by atoms with Crippen LogP contribution in [0.4, 0.5) is 0 Å². The summed E-state index contributed by atoms with van der Waals surface area (Å²) in [6.45, 7) is 12.7. The second kappa shape index (κ2) is 8.95. The number of carbonyl (C=O) groups is 2. The van der Waals surface area contributed by atoms with Crippen LogP contribution in [0.15, 0.2) is 36.4 Å². The third-order valence-electron chi connectivity index (χ3n) is 7.07. The Bertz CT molecular complexity index is 849. The van der Waals surface area contributed by atoms with E-state index in [1.54, 1.807) is 17.0 Å². The Kier molecular flexibility index (Phi) is 6.87. The van der Waals surface area contributed by atoms with Crippen molar-refractivity contribution in [3.8, 4) is 0 Å². The molecular weight excluding hydrogens is 412 g/mol. The van der Waals surface area contributed by atoms with Crippen molar-refractivity contribution in [1.29, 1.82) is 0 Å². The molecule has 0 spiro atoms. The Morgan fingerprint density at radius 1 is 1.26 bits per heavy atom. The average Bonchev–Trinajstić information content (AvgIpc) is 3.14. The van der Waals surface area contributed by atoms with E-state index in [2.05, 4.69) is 11.9 Å². The number of rotatable bonds is 5. The Morgan fingerprint density at radius 3 is 2.42 bits per heavy atom. The van der Waals surface area contributed by atoms with E-state index < -0.39 is 17.1 Å². The first-order valence-electron chi connectivity index (χ1n) is 11.2. The zero-order valence-electron chi connectivity index (χ0n) is 19.1. The lowest BCUT2D eigenvalue weighted by Crippen LogP contribution is -2.60. The van der Waals surface area contributed by atoms with Crippen LogP contribution >= 0.6 is 11.6 Å². The summed E-state index contributed by atoms with van der Waals surface area (Å²) < 4.78 is 0. The first-order chi connectivity index (χ1) is 14.4. The largest absolute Gasteiger partial charge is 0.384 e. The number of piperidine rings is 1. The van der Waals surface area contributed by atoms with Gasteiger partial charge in [-0.25, -0.2) is 0 Å². The number of hydrogen-bond acceptors (Lipinski definition) is 3. The maximum atomic E-state index is 13.4. The molecular formula is C25H35ClN2O3. The van der Waals surface area contributed by atoms with Gasteiger partial charge >= 0.3 is 0 Å². The normalized spacial score (nSPS) is 26.7. The predicted molar refractivity (Wildman–Crippen MR) is 124 cm³/mol. The van der Waals surface area contributed by atoms with E-state index >= 15 is 0 Å². The van der Waals surface area contributed by atoms with Gasteiger partial charge in [0.05, 0.1) is 5.60 Å². The minimum Gasteiger partial charge on any atom is -0.384 e. The number of hydrogen-bond donors (Lipinski definition) is 2. The van der Waals surface area contributed by atoms with Crippen LogP contribution in [-0.2, 0) is 15.2 Å². The predicted octanol–water partition coefficient (Wildman–Crippen LogP) is 4.28. The third-order valence-corrected chi connectivity index (χ3v) is 7.32. The van der Waals surface area contributed by atoms with E-state index in [0.717, 1.165) is 24.0 Å². The van der Waals surface area contributed by atoms with E-state index in [0.29, 0.717) is 31.0 Å². The van der Waals surface area contributed by atoms with Crippen molar-refractivity contribution in [3.63, 3.8) is 0 Å². The Hall–Kier alpha value is -1.85. The van der Waals surface area contributed by atoms with Gasteiger partial charge in [-0.2, -0.15) is 0 Å². The van der Waals surface area contributed by atoms with Gasteiger partial charge in [0.2, 0.25) is 11.8 Å². The standard InChI is InChI=1S/C25H35ClN2O3/c1-16(2)21(27-22(29)18-7-6-17(3)14-18)23(30)28-13-12-25(31,24(4,5)15-28)19-8-10-20(26)11-9-19/h8-11,16,18,21,31H,3,6-7,12-15H2,1-2,4-5H3,(H,27,29). The van der Waals surface area contributed by atoms with Crippen LogP contribution in [0, 0.1) is 17.3 Å². The molecule has 1 saturated heterocycles. The van der Waals surface area contributed by atoms with Crippen LogP contribution in [0.3, 0.4) is 0 Å². The number of aliphatic hydroxyl groups is 1. The van der Waals surface area contributed by atoms with Crippen molar-refractivity contribution in [1.82, 2.24) is 10.2 Å². The summed E-state index contributed by atoms with van der Waals surface area (Å²) in [6.07, 6.45) is 2.81. The smallest absolute Gasteiger partial charge is 0.245 e. The molecule has 2 N–H and O–H groups in total. The van der Waals surface area contributed by atoms with Gasteiger partial charge in [-0.05, 0) is 49.3 Å². The molecule has 5 nitrogen and oxygen atoms in total. The fourth-order valence-corrected chi connectivity index (χ4v) is 5.03. The van der Waals surface area contributed by atoms with Crippen LogP contribution in [0.5, 0.6) is 0 Å². The van der Waals surface area contributed by atoms with Crippen LogP contribution in [0.2, 0.25) is 5.02 Å². The van der Waals surface area contributed by atoms with Gasteiger partial charge in [0.15, 0.2) is 0 Å². The van der Waals surface area contributed by atoms with Crippen LogP contribution in [-0.4, -0.2) is 41.0 Å². The molecule has 0 bridgehead atoms. The Morgan fingerprint density at radius 2 is 1.90 bits per heavy atom. The van der Waals surface area contributed by atoms with E-state index in [-0.39, 0.29) is 23.7 Å². The molecule has 1 aliphatic carbocycles. The maximum absolute atomic E-state index is 13.4. The summed E-state index contributed by atoms with van der Waals surface area (Å²) in [7, 11) is 0. The van der Waals surface area contributed by atoms with Gasteiger partial charge in [0.1, 0.15) is 6.04 Å². The third kappa shape index (κ3) is 4.83. The average molecular weight is 447 g/mol. The lowest BCUT2D eigenvalue weighted by Gasteiger charge is -2.51. The van der Waals surface area contributed by atoms with Crippen molar-refractivity contribution >= 4 is 23.4 Å². The fourth-order valence-electron chi connectivity index (χ4n) is 4.91. The first-order valence-corrected chi connectivity index (χ1v) is 11.6. The molecule has 6 heteroatoms. The lowest BCUT2D eigenvalue weighted by molar-refractivity contribution is -0.157. The van der Waals surface area contributed by atoms with Crippen molar-refractivity contribution in [3.05, 3.63) is 47.0 Å². The summed E-state index contributed by atoms with van der Waals surface area (Å²) in [4.78, 5) is 28.0. The molecule has 170 valence electrons. The highest BCUT2D eigenvalue weighted by Gasteiger charge is 2.50. The molecule has 1 aliphatic heterocycles. The van der Waals surface area contributed by atoms with Gasteiger partial charge in [-0.3, -0.25) is 9.59 Å². The van der Waals surface area contributed by atoms with Gasteiger partial charge in [-0.1, -0.05) is 63.6 Å². The Balaban J connectivity index is 1.73. The number of halogens is 1. The van der Waals surface area contributed by atoms with Gasteiger partial charge < -0.3 is 15.3 Å². The fraction of sp³-hybridized carbons (Fsp3) is 0.600. The summed E-state index contributed by atoms with van der Waals surface area (Å²) >= 11 is 6.02. The zero-order chi connectivity index (χ0) is 23.0. The first kappa shape index (κ1) is 23.8. The minimum atomic E-state index is -1.06. The number of nitrogens with zero attached hydrogens (tertiary/aromatic N) is 1. The van der Waals surface area contributed by atoms with Crippen molar-refractivity contribution in [2.45, 2.75) is 65.0 Å². The number of carbonyl (C=O) groups excluding carboxylic acids is 2. The number of allylic oxidation sites excluding steroid dienone is 1. The number of nitrogens with one attached hydrogen (secondary N) is 1. The highest BCUT2D eigenvalue weighted by molar-refractivity contribution is 6.30. The van der Waals surface area contributed by atoms with Crippen molar-refractivity contribution < 1.29 is 14.7 Å². The molecule has 0 aromatic heterocycles. The second-order valence-electron chi connectivity index (χ2n) is 10.2. The summed E-state index contributed by atoms with van der Waals surface area (Å²) in [5.74, 6) is -0.248. The monoisotopic (exact) mass is 446 g/mol. The molecule has 1 saturated carbocycles. The van der Waals surface area contributed by atoms with E-state index in [1.165, 1.54) is 0 Å². The van der Waals surface area contributed by atoms with E-state index in [4.69, 9.17) is 11.6 Å². The molecule has 2 aliphatic rings. The highest BCUT2D eigenvalue weighted by Crippen LogP contribution is 2.46. The topological polar surface area (TPSA) is 69.6 Å². The molecule has 3 unspecified atom stereocenters. The van der Waals surface area contributed by atoms with Gasteiger partial charge in [0.25, 0.3) is 0 Å². The molecule has 3 atom stereocenters. The van der Waals surface area contributed by atoms with Crippen molar-refractivity contribution in [2.75, 3.05) is 13.1 Å². The zero-order valence-corrected chi connectivity index (χ0v) is 19.8. The molecule has 31 heavy (non-hydrogen) atoms. The maximum Gasteiger partial charge on any atom is 0.245 e. The molecule has 2 fully saturated rings. The van der Waals surface area contributed by atoms with Gasteiger partial charge in [-0.15, -0.1) is 0 Å². The van der Waals surface area contributed by atoms with E-state index in [1.807, 2.05) is 39.8 Å². The summed E-state index contributed by atoms with van der Waals surface area (Å²) in [6, 6.07) is 6.70. The molecule has 3 rings (SSSR count). The quantitative estimate of drug-likeness (QED) is 0.663. The van der Waals surface area contributed by atoms with Gasteiger partial charge in [0, 0.05) is 29.4 Å². The number of benzene rings is 1. The minimum absolute atomic E-state index is 0.0266. The molecule has 2 amide bonds. The summed E-state index contributed by atoms with van der Waals surface area (Å²) in [5, 5.41) is 15.2.